The smallest absolute Gasteiger partial charge is 0.0431 e. The molecular formula is C8H19NO2Pt. The molecule has 0 saturated carbocycles. The van der Waals surface area contributed by atoms with Crippen LogP contribution in [-0.4, -0.2) is 36.5 Å². The number of nitrogens with one attached hydrogen (secondary N) is 1. The van der Waals surface area contributed by atoms with Crippen molar-refractivity contribution in [1.82, 2.24) is 5.32 Å². The minimum Gasteiger partial charge on any atom is -0.396 e. The van der Waals surface area contributed by atoms with Crippen LogP contribution >= 0.6 is 0 Å². The molecule has 0 aromatic rings. The molecule has 3 N–H and O–H groups in total. The molecule has 0 aromatic carbocycles. The molecule has 0 rings (SSSR count). The summed E-state index contributed by atoms with van der Waals surface area (Å²) in [5, 5.41) is 20.1. The standard InChI is InChI=1S/C8H19NO2.Pt/c10-7-3-1-5-9-6-2-4-8-11;/h9-11H,1-8H2;. The van der Waals surface area contributed by atoms with Crippen LogP contribution in [0.15, 0.2) is 0 Å². The number of hydrogen-bond acceptors (Lipinski definition) is 3. The maximum absolute atomic E-state index is 8.45. The first-order valence-electron chi connectivity index (χ1n) is 4.34. The summed E-state index contributed by atoms with van der Waals surface area (Å²) in [5.41, 5.74) is 0. The molecule has 0 spiro atoms. The molecule has 0 fully saturated rings. The number of hydrogen-bond donors (Lipinski definition) is 3. The van der Waals surface area contributed by atoms with Gasteiger partial charge in [0, 0.05) is 34.3 Å². The summed E-state index contributed by atoms with van der Waals surface area (Å²) < 4.78 is 0. The molecule has 78 valence electrons. The van der Waals surface area contributed by atoms with Crippen molar-refractivity contribution in [1.29, 1.82) is 0 Å². The van der Waals surface area contributed by atoms with E-state index in [0.29, 0.717) is 13.2 Å². The second kappa shape index (κ2) is 14.1. The van der Waals surface area contributed by atoms with Gasteiger partial charge in [0.05, 0.1) is 0 Å². The van der Waals surface area contributed by atoms with Gasteiger partial charge in [-0.15, -0.1) is 0 Å². The van der Waals surface area contributed by atoms with Crippen molar-refractivity contribution in [3.63, 3.8) is 0 Å². The fraction of sp³-hybridized carbons (Fsp3) is 1.00. The van der Waals surface area contributed by atoms with Gasteiger partial charge in [-0.3, -0.25) is 0 Å². The van der Waals surface area contributed by atoms with Gasteiger partial charge < -0.3 is 15.5 Å². The Balaban J connectivity index is 0. The van der Waals surface area contributed by atoms with Crippen molar-refractivity contribution in [3.8, 4) is 0 Å². The molecule has 0 aromatic heterocycles. The van der Waals surface area contributed by atoms with Gasteiger partial charge in [-0.25, -0.2) is 0 Å². The average Bonchev–Trinajstić information content (AvgIpc) is 2.03. The Labute approximate surface area is 88.8 Å². The molecule has 0 atom stereocenters. The topological polar surface area (TPSA) is 52.5 Å². The van der Waals surface area contributed by atoms with Crippen LogP contribution in [0.2, 0.25) is 0 Å². The Morgan fingerprint density at radius 1 is 0.750 bits per heavy atom. The normalized spacial score (nSPS) is 9.50. The Morgan fingerprint density at radius 3 is 1.50 bits per heavy atom. The van der Waals surface area contributed by atoms with E-state index in [9.17, 15) is 0 Å². The summed E-state index contributed by atoms with van der Waals surface area (Å²) in [5.74, 6) is 0. The van der Waals surface area contributed by atoms with E-state index in [2.05, 4.69) is 5.32 Å². The third-order valence-corrected chi connectivity index (χ3v) is 1.52. The van der Waals surface area contributed by atoms with E-state index in [0.717, 1.165) is 38.8 Å². The Kier molecular flexibility index (Phi) is 17.7. The number of rotatable bonds is 8. The monoisotopic (exact) mass is 356 g/mol. The number of aliphatic hydroxyl groups is 2. The zero-order valence-corrected chi connectivity index (χ0v) is 9.64. The summed E-state index contributed by atoms with van der Waals surface area (Å²) in [6.07, 6.45) is 3.84. The first kappa shape index (κ1) is 15.1. The number of unbranched alkanes of at least 4 members (excludes halogenated alkanes) is 2. The molecule has 0 saturated heterocycles. The Bertz CT molecular complexity index is 66.1. The van der Waals surface area contributed by atoms with E-state index in [-0.39, 0.29) is 21.1 Å². The third-order valence-electron chi connectivity index (χ3n) is 1.52. The van der Waals surface area contributed by atoms with Crippen LogP contribution in [0.3, 0.4) is 0 Å². The molecule has 0 aliphatic carbocycles. The van der Waals surface area contributed by atoms with Crippen molar-refractivity contribution < 1.29 is 31.3 Å². The maximum atomic E-state index is 8.45. The van der Waals surface area contributed by atoms with Crippen molar-refractivity contribution >= 4 is 0 Å². The summed E-state index contributed by atoms with van der Waals surface area (Å²) >= 11 is 0. The van der Waals surface area contributed by atoms with Crippen LogP contribution in [0, 0.1) is 0 Å². The molecule has 0 heterocycles. The zero-order valence-electron chi connectivity index (χ0n) is 7.37. The van der Waals surface area contributed by atoms with Crippen LogP contribution in [-0.2, 0) is 21.1 Å². The number of aliphatic hydroxyl groups excluding tert-OH is 2. The van der Waals surface area contributed by atoms with Crippen molar-refractivity contribution in [2.45, 2.75) is 25.7 Å². The second-order valence-electron chi connectivity index (χ2n) is 2.61. The van der Waals surface area contributed by atoms with Crippen LogP contribution in [0.1, 0.15) is 25.7 Å². The molecule has 0 aliphatic heterocycles. The van der Waals surface area contributed by atoms with Gasteiger partial charge in [-0.1, -0.05) is 0 Å². The van der Waals surface area contributed by atoms with E-state index in [1.807, 2.05) is 0 Å². The third kappa shape index (κ3) is 13.2. The van der Waals surface area contributed by atoms with E-state index in [1.165, 1.54) is 0 Å². The molecule has 0 radical (unpaired) electrons. The van der Waals surface area contributed by atoms with Crippen LogP contribution in [0.25, 0.3) is 0 Å². The average molecular weight is 356 g/mol. The van der Waals surface area contributed by atoms with Crippen LogP contribution < -0.4 is 5.32 Å². The fourth-order valence-electron chi connectivity index (χ4n) is 0.849. The largest absolute Gasteiger partial charge is 0.396 e. The molecule has 0 amide bonds. The van der Waals surface area contributed by atoms with E-state index in [1.54, 1.807) is 0 Å². The first-order valence-corrected chi connectivity index (χ1v) is 4.34. The molecule has 3 nitrogen and oxygen atoms in total. The SMILES string of the molecule is OCCCCNCCCCO.[Pt]. The van der Waals surface area contributed by atoms with E-state index >= 15 is 0 Å². The first-order chi connectivity index (χ1) is 5.41. The predicted octanol–water partition coefficient (Wildman–Crippen LogP) is 0.118. The predicted molar refractivity (Wildman–Crippen MR) is 45.5 cm³/mol. The van der Waals surface area contributed by atoms with Gasteiger partial charge in [-0.2, -0.15) is 0 Å². The molecule has 12 heavy (non-hydrogen) atoms. The molecule has 0 aliphatic rings. The minimum absolute atomic E-state index is 0. The molecular weight excluding hydrogens is 337 g/mol. The van der Waals surface area contributed by atoms with Crippen molar-refractivity contribution in [2.24, 2.45) is 0 Å². The van der Waals surface area contributed by atoms with Gasteiger partial charge in [0.15, 0.2) is 0 Å². The fourth-order valence-corrected chi connectivity index (χ4v) is 0.849. The maximum Gasteiger partial charge on any atom is 0.0431 e. The van der Waals surface area contributed by atoms with Gasteiger partial charge in [0.25, 0.3) is 0 Å². The van der Waals surface area contributed by atoms with Gasteiger partial charge in [0.2, 0.25) is 0 Å². The Hall–Kier alpha value is 0.568. The van der Waals surface area contributed by atoms with Gasteiger partial charge in [-0.05, 0) is 38.8 Å². The zero-order chi connectivity index (χ0) is 8.36. The summed E-state index contributed by atoms with van der Waals surface area (Å²) in [7, 11) is 0. The Morgan fingerprint density at radius 2 is 1.17 bits per heavy atom. The quantitative estimate of drug-likeness (QED) is 0.542. The summed E-state index contributed by atoms with van der Waals surface area (Å²) in [6.45, 7) is 2.54. The summed E-state index contributed by atoms with van der Waals surface area (Å²) in [4.78, 5) is 0. The van der Waals surface area contributed by atoms with Gasteiger partial charge in [0.1, 0.15) is 0 Å². The molecule has 0 bridgehead atoms. The van der Waals surface area contributed by atoms with Crippen molar-refractivity contribution in [3.05, 3.63) is 0 Å². The van der Waals surface area contributed by atoms with Crippen molar-refractivity contribution in [2.75, 3.05) is 26.3 Å². The van der Waals surface area contributed by atoms with Crippen LogP contribution in [0.4, 0.5) is 0 Å². The van der Waals surface area contributed by atoms with Crippen LogP contribution in [0.5, 0.6) is 0 Å². The second-order valence-corrected chi connectivity index (χ2v) is 2.61. The molecule has 4 heteroatoms. The van der Waals surface area contributed by atoms with E-state index in [4.69, 9.17) is 10.2 Å². The summed E-state index contributed by atoms with van der Waals surface area (Å²) in [6, 6.07) is 0. The van der Waals surface area contributed by atoms with Gasteiger partial charge >= 0.3 is 0 Å². The minimum atomic E-state index is 0. The van der Waals surface area contributed by atoms with E-state index < -0.39 is 0 Å². The molecule has 0 unspecified atom stereocenters.